The van der Waals surface area contributed by atoms with Gasteiger partial charge in [0.1, 0.15) is 5.02 Å². The van der Waals surface area contributed by atoms with Crippen LogP contribution >= 0.6 is 11.6 Å². The Kier molecular flexibility index (Phi) is 2.16. The highest BCUT2D eigenvalue weighted by Gasteiger charge is 2.15. The molecule has 0 saturated carbocycles. The molecule has 0 fully saturated rings. The zero-order valence-corrected chi connectivity index (χ0v) is 8.37. The molecular formula is C10H12ClNO. The number of fused-ring (bicyclic) bond motifs is 1. The highest BCUT2D eigenvalue weighted by atomic mass is 35.5. The number of hydrogen-bond donors (Lipinski definition) is 1. The van der Waals surface area contributed by atoms with Gasteiger partial charge in [-0.2, -0.15) is 0 Å². The first-order valence-electron chi connectivity index (χ1n) is 4.60. The second kappa shape index (κ2) is 3.18. The summed E-state index contributed by atoms with van der Waals surface area (Å²) in [6, 6.07) is 0. The maximum atomic E-state index is 11.3. The van der Waals surface area contributed by atoms with Gasteiger partial charge in [0, 0.05) is 5.69 Å². The van der Waals surface area contributed by atoms with Crippen LogP contribution in [0.15, 0.2) is 4.79 Å². The number of halogens is 1. The third-order valence-corrected chi connectivity index (χ3v) is 3.17. The third kappa shape index (κ3) is 1.39. The smallest absolute Gasteiger partial charge is 0.267 e. The van der Waals surface area contributed by atoms with Crippen LogP contribution in [0.3, 0.4) is 0 Å². The Bertz CT molecular complexity index is 395. The summed E-state index contributed by atoms with van der Waals surface area (Å²) < 4.78 is 0. The van der Waals surface area contributed by atoms with Crippen molar-refractivity contribution >= 4 is 11.6 Å². The number of hydrogen-bond acceptors (Lipinski definition) is 1. The van der Waals surface area contributed by atoms with Gasteiger partial charge in [0.15, 0.2) is 0 Å². The largest absolute Gasteiger partial charge is 0.325 e. The highest BCUT2D eigenvalue weighted by Crippen LogP contribution is 2.24. The van der Waals surface area contributed by atoms with E-state index in [4.69, 9.17) is 11.6 Å². The Morgan fingerprint density at radius 3 is 2.77 bits per heavy atom. The molecule has 3 heteroatoms. The second-order valence-corrected chi connectivity index (χ2v) is 3.94. The van der Waals surface area contributed by atoms with Gasteiger partial charge < -0.3 is 4.98 Å². The quantitative estimate of drug-likeness (QED) is 0.680. The Hall–Kier alpha value is -0.760. The zero-order valence-electron chi connectivity index (χ0n) is 7.61. The van der Waals surface area contributed by atoms with E-state index in [1.807, 2.05) is 6.92 Å². The summed E-state index contributed by atoms with van der Waals surface area (Å²) in [6.07, 6.45) is 4.42. The summed E-state index contributed by atoms with van der Waals surface area (Å²) in [4.78, 5) is 14.2. The third-order valence-electron chi connectivity index (χ3n) is 2.71. The van der Waals surface area contributed by atoms with Gasteiger partial charge in [-0.15, -0.1) is 0 Å². The molecular weight excluding hydrogens is 186 g/mol. The molecule has 1 aromatic heterocycles. The van der Waals surface area contributed by atoms with E-state index in [2.05, 4.69) is 4.98 Å². The van der Waals surface area contributed by atoms with Gasteiger partial charge in [-0.05, 0) is 43.7 Å². The molecule has 0 aromatic carbocycles. The van der Waals surface area contributed by atoms with Gasteiger partial charge in [-0.1, -0.05) is 11.6 Å². The van der Waals surface area contributed by atoms with Crippen LogP contribution in [0.5, 0.6) is 0 Å². The molecule has 13 heavy (non-hydrogen) atoms. The summed E-state index contributed by atoms with van der Waals surface area (Å²) in [5, 5.41) is 0.362. The van der Waals surface area contributed by atoms with E-state index in [0.717, 1.165) is 24.1 Å². The first-order valence-corrected chi connectivity index (χ1v) is 4.98. The van der Waals surface area contributed by atoms with E-state index in [0.29, 0.717) is 5.02 Å². The van der Waals surface area contributed by atoms with Crippen molar-refractivity contribution in [2.24, 2.45) is 0 Å². The average Bonchev–Trinajstić information content (AvgIpc) is 2.15. The lowest BCUT2D eigenvalue weighted by molar-refractivity contribution is 0.661. The van der Waals surface area contributed by atoms with Gasteiger partial charge in [0.05, 0.1) is 0 Å². The molecule has 1 aliphatic carbocycles. The minimum absolute atomic E-state index is 0.139. The van der Waals surface area contributed by atoms with Crippen molar-refractivity contribution in [2.45, 2.75) is 32.6 Å². The van der Waals surface area contributed by atoms with E-state index in [1.165, 1.54) is 18.4 Å². The van der Waals surface area contributed by atoms with Crippen molar-refractivity contribution in [1.82, 2.24) is 4.98 Å². The van der Waals surface area contributed by atoms with Crippen molar-refractivity contribution in [3.8, 4) is 0 Å². The van der Waals surface area contributed by atoms with E-state index in [9.17, 15) is 4.79 Å². The summed E-state index contributed by atoms with van der Waals surface area (Å²) in [6.45, 7) is 1.93. The van der Waals surface area contributed by atoms with Gasteiger partial charge in [-0.3, -0.25) is 4.79 Å². The minimum atomic E-state index is -0.139. The molecule has 0 amide bonds. The monoisotopic (exact) mass is 197 g/mol. The van der Waals surface area contributed by atoms with E-state index in [1.54, 1.807) is 0 Å². The molecule has 0 unspecified atom stereocenters. The van der Waals surface area contributed by atoms with Crippen molar-refractivity contribution in [1.29, 1.82) is 0 Å². The number of aryl methyl sites for hydroxylation is 1. The van der Waals surface area contributed by atoms with Crippen molar-refractivity contribution in [3.05, 3.63) is 32.2 Å². The fourth-order valence-corrected chi connectivity index (χ4v) is 2.11. The van der Waals surface area contributed by atoms with E-state index < -0.39 is 0 Å². The number of nitrogens with one attached hydrogen (secondary N) is 1. The molecule has 1 aliphatic rings. The highest BCUT2D eigenvalue weighted by molar-refractivity contribution is 6.31. The van der Waals surface area contributed by atoms with Crippen LogP contribution in [0.1, 0.15) is 29.7 Å². The lowest BCUT2D eigenvalue weighted by atomic mass is 9.93. The van der Waals surface area contributed by atoms with Crippen molar-refractivity contribution in [2.75, 3.05) is 0 Å². The zero-order chi connectivity index (χ0) is 9.42. The van der Waals surface area contributed by atoms with Crippen LogP contribution in [0, 0.1) is 6.92 Å². The fraction of sp³-hybridized carbons (Fsp3) is 0.500. The molecule has 1 heterocycles. The number of rotatable bonds is 0. The van der Waals surface area contributed by atoms with Gasteiger partial charge >= 0.3 is 0 Å². The summed E-state index contributed by atoms with van der Waals surface area (Å²) in [7, 11) is 0. The predicted octanol–water partition coefficient (Wildman–Crippen LogP) is 2.22. The Balaban J connectivity index is 2.67. The summed E-state index contributed by atoms with van der Waals surface area (Å²) in [5.41, 5.74) is 3.19. The SMILES string of the molecule is Cc1c2c([nH]c(=O)c1Cl)CCCC2. The summed E-state index contributed by atoms with van der Waals surface area (Å²) >= 11 is 5.87. The van der Waals surface area contributed by atoms with E-state index >= 15 is 0 Å². The average molecular weight is 198 g/mol. The molecule has 70 valence electrons. The number of aromatic nitrogens is 1. The Morgan fingerprint density at radius 2 is 2.00 bits per heavy atom. The van der Waals surface area contributed by atoms with Crippen LogP contribution in [-0.4, -0.2) is 4.98 Å². The minimum Gasteiger partial charge on any atom is -0.325 e. The molecule has 0 bridgehead atoms. The maximum absolute atomic E-state index is 11.3. The molecule has 0 saturated heterocycles. The first kappa shape index (κ1) is 8.82. The fourth-order valence-electron chi connectivity index (χ4n) is 1.95. The van der Waals surface area contributed by atoms with Crippen LogP contribution in [0.25, 0.3) is 0 Å². The number of pyridine rings is 1. The molecule has 1 N–H and O–H groups in total. The van der Waals surface area contributed by atoms with Crippen molar-refractivity contribution in [3.63, 3.8) is 0 Å². The number of aromatic amines is 1. The lowest BCUT2D eigenvalue weighted by Crippen LogP contribution is -2.17. The van der Waals surface area contributed by atoms with Crippen molar-refractivity contribution < 1.29 is 0 Å². The molecule has 0 spiro atoms. The van der Waals surface area contributed by atoms with Crippen LogP contribution in [-0.2, 0) is 12.8 Å². The molecule has 0 atom stereocenters. The van der Waals surface area contributed by atoms with Crippen LogP contribution in [0.4, 0.5) is 0 Å². The Morgan fingerprint density at radius 1 is 1.31 bits per heavy atom. The van der Waals surface area contributed by atoms with Gasteiger partial charge in [0.25, 0.3) is 5.56 Å². The van der Waals surface area contributed by atoms with E-state index in [-0.39, 0.29) is 5.56 Å². The lowest BCUT2D eigenvalue weighted by Gasteiger charge is -2.17. The molecule has 1 aromatic rings. The summed E-state index contributed by atoms with van der Waals surface area (Å²) in [5.74, 6) is 0. The van der Waals surface area contributed by atoms with Crippen LogP contribution < -0.4 is 5.56 Å². The normalized spacial score (nSPS) is 15.5. The number of H-pyrrole nitrogens is 1. The Labute approximate surface area is 81.9 Å². The van der Waals surface area contributed by atoms with Gasteiger partial charge in [0.2, 0.25) is 0 Å². The molecule has 0 aliphatic heterocycles. The van der Waals surface area contributed by atoms with Gasteiger partial charge in [-0.25, -0.2) is 0 Å². The molecule has 2 rings (SSSR count). The second-order valence-electron chi connectivity index (χ2n) is 3.56. The van der Waals surface area contributed by atoms with Crippen LogP contribution in [0.2, 0.25) is 5.02 Å². The standard InChI is InChI=1S/C10H12ClNO/c1-6-7-4-2-3-5-8(7)12-10(13)9(6)11/h2-5H2,1H3,(H,12,13). The molecule has 2 nitrogen and oxygen atoms in total. The first-order chi connectivity index (χ1) is 6.20. The molecule has 0 radical (unpaired) electrons. The maximum Gasteiger partial charge on any atom is 0.267 e. The predicted molar refractivity (Wildman–Crippen MR) is 53.5 cm³/mol. The topological polar surface area (TPSA) is 32.9 Å².